The number of nitrogens with zero attached hydrogens (tertiary/aromatic N) is 5. The van der Waals surface area contributed by atoms with Crippen LogP contribution in [0.15, 0.2) is 0 Å². The fourth-order valence-corrected chi connectivity index (χ4v) is 2.73. The van der Waals surface area contributed by atoms with Crippen LogP contribution in [0.1, 0.15) is 10.8 Å². The van der Waals surface area contributed by atoms with Crippen LogP contribution < -0.4 is 0 Å². The predicted molar refractivity (Wildman–Crippen MR) is 64.3 cm³/mol. The molecule has 8 heteroatoms. The van der Waals surface area contributed by atoms with Crippen LogP contribution in [-0.2, 0) is 17.2 Å². The summed E-state index contributed by atoms with van der Waals surface area (Å²) in [4.78, 5) is 3.10. The first-order chi connectivity index (χ1) is 8.36. The van der Waals surface area contributed by atoms with Crippen molar-refractivity contribution in [1.82, 2.24) is 24.7 Å². The van der Waals surface area contributed by atoms with Crippen molar-refractivity contribution in [2.75, 3.05) is 26.3 Å². The van der Waals surface area contributed by atoms with E-state index >= 15 is 0 Å². The van der Waals surface area contributed by atoms with Gasteiger partial charge in [-0.3, -0.25) is 4.90 Å². The van der Waals surface area contributed by atoms with Gasteiger partial charge in [-0.1, -0.05) is 11.3 Å². The Morgan fingerprint density at radius 3 is 2.88 bits per heavy atom. The zero-order valence-electron chi connectivity index (χ0n) is 9.17. The van der Waals surface area contributed by atoms with E-state index in [1.165, 1.54) is 11.3 Å². The highest BCUT2D eigenvalue weighted by molar-refractivity contribution is 7.16. The van der Waals surface area contributed by atoms with Gasteiger partial charge in [-0.2, -0.15) is 9.61 Å². The van der Waals surface area contributed by atoms with Gasteiger partial charge in [0, 0.05) is 13.1 Å². The van der Waals surface area contributed by atoms with Gasteiger partial charge in [0.05, 0.1) is 25.6 Å². The quantitative estimate of drug-likeness (QED) is 0.773. The zero-order valence-corrected chi connectivity index (χ0v) is 10.7. The van der Waals surface area contributed by atoms with Crippen molar-refractivity contribution in [2.45, 2.75) is 12.4 Å². The molecule has 0 N–H and O–H groups in total. The Balaban J connectivity index is 1.81. The van der Waals surface area contributed by atoms with Crippen molar-refractivity contribution in [1.29, 1.82) is 0 Å². The fourth-order valence-electron chi connectivity index (χ4n) is 1.81. The van der Waals surface area contributed by atoms with Crippen molar-refractivity contribution in [3.63, 3.8) is 0 Å². The lowest BCUT2D eigenvalue weighted by atomic mass is 10.4. The van der Waals surface area contributed by atoms with Gasteiger partial charge in [0.1, 0.15) is 5.01 Å². The minimum atomic E-state index is 0.422. The molecule has 0 unspecified atom stereocenters. The van der Waals surface area contributed by atoms with Crippen molar-refractivity contribution in [2.24, 2.45) is 0 Å². The summed E-state index contributed by atoms with van der Waals surface area (Å²) < 4.78 is 7.10. The molecule has 3 heterocycles. The molecule has 0 atom stereocenters. The SMILES string of the molecule is ClCc1nn2c(CN3CCOCC3)nnc2s1. The van der Waals surface area contributed by atoms with Crippen LogP contribution in [0.3, 0.4) is 0 Å². The van der Waals surface area contributed by atoms with Crippen LogP contribution >= 0.6 is 22.9 Å². The van der Waals surface area contributed by atoms with E-state index < -0.39 is 0 Å². The van der Waals surface area contributed by atoms with Gasteiger partial charge in [-0.25, -0.2) is 0 Å². The van der Waals surface area contributed by atoms with E-state index in [-0.39, 0.29) is 0 Å². The number of aromatic nitrogens is 4. The van der Waals surface area contributed by atoms with Gasteiger partial charge in [0.25, 0.3) is 0 Å². The maximum atomic E-state index is 5.76. The lowest BCUT2D eigenvalue weighted by molar-refractivity contribution is 0.0328. The Kier molecular flexibility index (Phi) is 3.24. The van der Waals surface area contributed by atoms with Gasteiger partial charge in [0.2, 0.25) is 4.96 Å². The summed E-state index contributed by atoms with van der Waals surface area (Å²) in [7, 11) is 0. The highest BCUT2D eigenvalue weighted by atomic mass is 35.5. The molecule has 0 saturated carbocycles. The van der Waals surface area contributed by atoms with Gasteiger partial charge in [-0.05, 0) is 0 Å². The molecule has 0 spiro atoms. The third-order valence-electron chi connectivity index (χ3n) is 2.68. The van der Waals surface area contributed by atoms with Gasteiger partial charge in [0.15, 0.2) is 5.82 Å². The molecular weight excluding hydrogens is 262 g/mol. The average molecular weight is 274 g/mol. The monoisotopic (exact) mass is 273 g/mol. The Morgan fingerprint density at radius 2 is 2.12 bits per heavy atom. The van der Waals surface area contributed by atoms with Gasteiger partial charge in [-0.15, -0.1) is 21.8 Å². The molecule has 6 nitrogen and oxygen atoms in total. The number of hydrogen-bond acceptors (Lipinski definition) is 6. The van der Waals surface area contributed by atoms with E-state index in [1.807, 2.05) is 0 Å². The van der Waals surface area contributed by atoms with E-state index in [9.17, 15) is 0 Å². The van der Waals surface area contributed by atoms with Gasteiger partial charge >= 0.3 is 0 Å². The second kappa shape index (κ2) is 4.85. The van der Waals surface area contributed by atoms with Crippen LogP contribution in [0.5, 0.6) is 0 Å². The van der Waals surface area contributed by atoms with Crippen LogP contribution in [-0.4, -0.2) is 51.0 Å². The standard InChI is InChI=1S/C9H12ClN5OS/c10-5-8-13-15-7(11-12-9(15)17-8)6-14-1-3-16-4-2-14/h1-6H2. The third-order valence-corrected chi connectivity index (χ3v) is 3.99. The maximum Gasteiger partial charge on any atom is 0.234 e. The molecule has 3 rings (SSSR count). The second-order valence-electron chi connectivity index (χ2n) is 3.83. The topological polar surface area (TPSA) is 55.5 Å². The van der Waals surface area contributed by atoms with Crippen molar-refractivity contribution >= 4 is 27.9 Å². The highest BCUT2D eigenvalue weighted by Gasteiger charge is 2.16. The Morgan fingerprint density at radius 1 is 1.29 bits per heavy atom. The number of fused-ring (bicyclic) bond motifs is 1. The Bertz CT molecular complexity index is 506. The first-order valence-corrected chi connectivity index (χ1v) is 6.78. The maximum absolute atomic E-state index is 5.76. The van der Waals surface area contributed by atoms with Crippen molar-refractivity contribution < 1.29 is 4.74 Å². The van der Waals surface area contributed by atoms with Crippen molar-refractivity contribution in [3.05, 3.63) is 10.8 Å². The highest BCUT2D eigenvalue weighted by Crippen LogP contribution is 2.16. The van der Waals surface area contributed by atoms with E-state index in [2.05, 4.69) is 20.2 Å². The first kappa shape index (κ1) is 11.3. The van der Waals surface area contributed by atoms with E-state index in [1.54, 1.807) is 4.52 Å². The molecule has 0 aromatic carbocycles. The second-order valence-corrected chi connectivity index (χ2v) is 5.14. The summed E-state index contributed by atoms with van der Waals surface area (Å²) in [5, 5.41) is 13.5. The number of morpholine rings is 1. The number of ether oxygens (including phenoxy) is 1. The summed E-state index contributed by atoms with van der Waals surface area (Å²) in [6.07, 6.45) is 0. The third kappa shape index (κ3) is 2.28. The molecular formula is C9H12ClN5OS. The fraction of sp³-hybridized carbons (Fsp3) is 0.667. The number of halogens is 1. The van der Waals surface area contributed by atoms with E-state index in [0.29, 0.717) is 5.88 Å². The van der Waals surface area contributed by atoms with Crippen molar-refractivity contribution in [3.8, 4) is 0 Å². The summed E-state index contributed by atoms with van der Waals surface area (Å²) in [6, 6.07) is 0. The molecule has 0 radical (unpaired) electrons. The number of hydrogen-bond donors (Lipinski definition) is 0. The molecule has 0 bridgehead atoms. The minimum Gasteiger partial charge on any atom is -0.379 e. The minimum absolute atomic E-state index is 0.422. The summed E-state index contributed by atoms with van der Waals surface area (Å²) in [5.41, 5.74) is 0. The summed E-state index contributed by atoms with van der Waals surface area (Å²) in [6.45, 7) is 4.19. The normalized spacial score (nSPS) is 17.9. The number of rotatable bonds is 3. The van der Waals surface area contributed by atoms with Crippen LogP contribution in [0.4, 0.5) is 0 Å². The van der Waals surface area contributed by atoms with E-state index in [4.69, 9.17) is 16.3 Å². The van der Waals surface area contributed by atoms with Gasteiger partial charge < -0.3 is 4.74 Å². The largest absolute Gasteiger partial charge is 0.379 e. The van der Waals surface area contributed by atoms with Crippen LogP contribution in [0.2, 0.25) is 0 Å². The summed E-state index contributed by atoms with van der Waals surface area (Å²) >= 11 is 7.24. The van der Waals surface area contributed by atoms with Crippen LogP contribution in [0, 0.1) is 0 Å². The molecule has 2 aromatic heterocycles. The average Bonchev–Trinajstić information content (AvgIpc) is 2.92. The first-order valence-electron chi connectivity index (χ1n) is 5.43. The molecule has 0 amide bonds. The van der Waals surface area contributed by atoms with E-state index in [0.717, 1.165) is 48.6 Å². The lowest BCUT2D eigenvalue weighted by Crippen LogP contribution is -2.36. The molecule has 17 heavy (non-hydrogen) atoms. The molecule has 1 saturated heterocycles. The predicted octanol–water partition coefficient (Wildman–Crippen LogP) is 0.757. The molecule has 1 aliphatic rings. The molecule has 1 aliphatic heterocycles. The van der Waals surface area contributed by atoms with Crippen LogP contribution in [0.25, 0.3) is 4.96 Å². The molecule has 92 valence electrons. The molecule has 0 aliphatic carbocycles. The lowest BCUT2D eigenvalue weighted by Gasteiger charge is -2.25. The number of alkyl halides is 1. The molecule has 1 fully saturated rings. The smallest absolute Gasteiger partial charge is 0.234 e. The molecule has 2 aromatic rings. The zero-order chi connectivity index (χ0) is 11.7. The summed E-state index contributed by atoms with van der Waals surface area (Å²) in [5.74, 6) is 1.29. The Labute approximate surface area is 107 Å². The Hall–Kier alpha value is -0.760.